The number of ether oxygens (including phenoxy) is 1. The Morgan fingerprint density at radius 1 is 1.14 bits per heavy atom. The van der Waals surface area contributed by atoms with Crippen LogP contribution in [-0.4, -0.2) is 50.5 Å². The van der Waals surface area contributed by atoms with E-state index in [1.54, 1.807) is 6.34 Å². The van der Waals surface area contributed by atoms with Gasteiger partial charge in [0.25, 0.3) is 0 Å². The van der Waals surface area contributed by atoms with Crippen molar-refractivity contribution in [3.05, 3.63) is 42.1 Å². The van der Waals surface area contributed by atoms with Crippen molar-refractivity contribution >= 4 is 31.9 Å². The molecule has 1 aromatic rings. The van der Waals surface area contributed by atoms with Gasteiger partial charge in [-0.15, -0.1) is 0 Å². The lowest BCUT2D eigenvalue weighted by atomic mass is 9.79. The van der Waals surface area contributed by atoms with Gasteiger partial charge in [0.1, 0.15) is 6.73 Å². The maximum absolute atomic E-state index is 13.3. The second kappa shape index (κ2) is 7.29. The maximum atomic E-state index is 13.3. The molecule has 1 saturated heterocycles. The van der Waals surface area contributed by atoms with Crippen molar-refractivity contribution in [2.75, 3.05) is 18.2 Å². The van der Waals surface area contributed by atoms with Crippen LogP contribution in [-0.2, 0) is 14.3 Å². The minimum Gasteiger partial charge on any atom is -0.361 e. The standard InChI is InChI=1S/C21H27N3O3Si/c1-28(2,3)12-11-27-14-23-13-22-17-10-9-16-18(19(17)23)21(26)24(20(16)25)15-7-5-4-6-8-15/h4-8,10,13,16,18-19H,9,11-12,14H2,1-3H3/t16-,18-,19+/m1/s1. The number of carbonyl (C=O) groups is 2. The zero-order valence-electron chi connectivity index (χ0n) is 16.7. The number of amides is 2. The van der Waals surface area contributed by atoms with Crippen molar-refractivity contribution < 1.29 is 14.3 Å². The molecular weight excluding hydrogens is 370 g/mol. The topological polar surface area (TPSA) is 62.2 Å². The third-order valence-corrected chi connectivity index (χ3v) is 7.37. The molecule has 0 aromatic heterocycles. The molecule has 0 bridgehead atoms. The van der Waals surface area contributed by atoms with Crippen LogP contribution in [0.15, 0.2) is 47.1 Å². The molecule has 0 N–H and O–H groups in total. The molecule has 0 saturated carbocycles. The summed E-state index contributed by atoms with van der Waals surface area (Å²) < 4.78 is 5.90. The highest BCUT2D eigenvalue weighted by molar-refractivity contribution is 6.76. The second-order valence-electron chi connectivity index (χ2n) is 8.90. The van der Waals surface area contributed by atoms with Crippen LogP contribution in [0.4, 0.5) is 5.69 Å². The van der Waals surface area contributed by atoms with Crippen LogP contribution in [0, 0.1) is 11.8 Å². The van der Waals surface area contributed by atoms with Crippen molar-refractivity contribution in [3.8, 4) is 0 Å². The highest BCUT2D eigenvalue weighted by Crippen LogP contribution is 2.43. The normalized spacial score (nSPS) is 26.5. The number of fused-ring (bicyclic) bond motifs is 3. The number of para-hydroxylation sites is 1. The van der Waals surface area contributed by atoms with E-state index in [4.69, 9.17) is 4.74 Å². The second-order valence-corrected chi connectivity index (χ2v) is 14.5. The maximum Gasteiger partial charge on any atom is 0.240 e. The molecule has 28 heavy (non-hydrogen) atoms. The number of imide groups is 1. The molecule has 0 unspecified atom stereocenters. The minimum absolute atomic E-state index is 0.108. The molecule has 2 aliphatic heterocycles. The Hall–Kier alpha value is -2.25. The summed E-state index contributed by atoms with van der Waals surface area (Å²) in [6, 6.07) is 10.1. The zero-order chi connectivity index (χ0) is 19.9. The van der Waals surface area contributed by atoms with E-state index in [9.17, 15) is 9.59 Å². The van der Waals surface area contributed by atoms with Gasteiger partial charge in [0.05, 0.1) is 35.6 Å². The van der Waals surface area contributed by atoms with Gasteiger partial charge in [-0.1, -0.05) is 43.9 Å². The summed E-state index contributed by atoms with van der Waals surface area (Å²) in [5, 5.41) is 0. The average Bonchev–Trinajstić information content (AvgIpc) is 3.18. The minimum atomic E-state index is -1.15. The molecule has 7 heteroatoms. The van der Waals surface area contributed by atoms with Crippen molar-refractivity contribution in [3.63, 3.8) is 0 Å². The summed E-state index contributed by atoms with van der Waals surface area (Å²) in [4.78, 5) is 34.1. The van der Waals surface area contributed by atoms with Crippen molar-refractivity contribution in [2.45, 2.75) is 38.1 Å². The molecule has 1 aliphatic carbocycles. The predicted molar refractivity (Wildman–Crippen MR) is 112 cm³/mol. The van der Waals surface area contributed by atoms with E-state index in [2.05, 4.69) is 24.6 Å². The average molecular weight is 398 g/mol. The van der Waals surface area contributed by atoms with Gasteiger partial charge in [0.15, 0.2) is 0 Å². The fraction of sp³-hybridized carbons (Fsp3) is 0.476. The molecule has 148 valence electrons. The lowest BCUT2D eigenvalue weighted by Crippen LogP contribution is -2.45. The van der Waals surface area contributed by atoms with Gasteiger partial charge in [-0.05, 0) is 24.6 Å². The number of anilines is 1. The van der Waals surface area contributed by atoms with Crippen LogP contribution >= 0.6 is 0 Å². The molecule has 2 heterocycles. The third-order valence-electron chi connectivity index (χ3n) is 5.66. The Morgan fingerprint density at radius 2 is 1.89 bits per heavy atom. The summed E-state index contributed by atoms with van der Waals surface area (Å²) in [6.45, 7) is 8.07. The zero-order valence-corrected chi connectivity index (χ0v) is 17.7. The van der Waals surface area contributed by atoms with Gasteiger partial charge in [0, 0.05) is 14.7 Å². The van der Waals surface area contributed by atoms with Gasteiger partial charge < -0.3 is 9.64 Å². The van der Waals surface area contributed by atoms with Crippen molar-refractivity contribution in [1.82, 2.24) is 4.90 Å². The van der Waals surface area contributed by atoms with E-state index >= 15 is 0 Å². The van der Waals surface area contributed by atoms with E-state index in [1.807, 2.05) is 41.3 Å². The first kappa shape index (κ1) is 19.1. The fourth-order valence-electron chi connectivity index (χ4n) is 4.12. The van der Waals surface area contributed by atoms with Gasteiger partial charge in [0.2, 0.25) is 11.8 Å². The smallest absolute Gasteiger partial charge is 0.240 e. The summed E-state index contributed by atoms with van der Waals surface area (Å²) in [6.07, 6.45) is 4.33. The number of carbonyl (C=O) groups excluding carboxylic acids is 2. The third kappa shape index (κ3) is 3.44. The highest BCUT2D eigenvalue weighted by Gasteiger charge is 2.55. The van der Waals surface area contributed by atoms with Crippen LogP contribution in [0.3, 0.4) is 0 Å². The van der Waals surface area contributed by atoms with Gasteiger partial charge >= 0.3 is 0 Å². The summed E-state index contributed by atoms with van der Waals surface area (Å²) in [7, 11) is -1.15. The Morgan fingerprint density at radius 3 is 2.61 bits per heavy atom. The summed E-state index contributed by atoms with van der Waals surface area (Å²) >= 11 is 0. The first-order chi connectivity index (χ1) is 13.4. The van der Waals surface area contributed by atoms with E-state index in [0.29, 0.717) is 25.4 Å². The number of allylic oxidation sites excluding steroid dienone is 1. The first-order valence-electron chi connectivity index (χ1n) is 9.87. The SMILES string of the molecule is C[Si](C)(C)CCOCN1C=NC2=CC[C@H]3C(=O)N(c4ccccc4)C(=O)[C@H]3[C@H]21. The predicted octanol–water partition coefficient (Wildman–Crippen LogP) is 3.10. The number of rotatable bonds is 6. The molecule has 0 spiro atoms. The van der Waals surface area contributed by atoms with Crippen molar-refractivity contribution in [2.24, 2.45) is 16.8 Å². The number of hydrogen-bond acceptors (Lipinski definition) is 5. The quantitative estimate of drug-likeness (QED) is 0.420. The molecule has 0 radical (unpaired) electrons. The molecule has 1 aromatic carbocycles. The van der Waals surface area contributed by atoms with Gasteiger partial charge in [-0.25, -0.2) is 9.89 Å². The number of benzene rings is 1. The van der Waals surface area contributed by atoms with E-state index in [0.717, 1.165) is 11.7 Å². The largest absolute Gasteiger partial charge is 0.361 e. The van der Waals surface area contributed by atoms with Crippen LogP contribution in [0.1, 0.15) is 6.42 Å². The Bertz CT molecular complexity index is 831. The molecule has 3 atom stereocenters. The highest BCUT2D eigenvalue weighted by atomic mass is 28.3. The lowest BCUT2D eigenvalue weighted by molar-refractivity contribution is -0.123. The van der Waals surface area contributed by atoms with Crippen LogP contribution in [0.5, 0.6) is 0 Å². The van der Waals surface area contributed by atoms with Crippen LogP contribution in [0.25, 0.3) is 0 Å². The lowest BCUT2D eigenvalue weighted by Gasteiger charge is -2.33. The Balaban J connectivity index is 1.51. The molecule has 3 aliphatic rings. The van der Waals surface area contributed by atoms with E-state index in [-0.39, 0.29) is 23.8 Å². The number of aliphatic imine (C=N–C) groups is 1. The summed E-state index contributed by atoms with van der Waals surface area (Å²) in [5.74, 6) is -0.971. The molecule has 6 nitrogen and oxygen atoms in total. The monoisotopic (exact) mass is 397 g/mol. The molecule has 2 amide bonds. The number of hydrogen-bond donors (Lipinski definition) is 0. The van der Waals surface area contributed by atoms with E-state index < -0.39 is 14.0 Å². The van der Waals surface area contributed by atoms with E-state index in [1.165, 1.54) is 4.90 Å². The Kier molecular flexibility index (Phi) is 4.97. The molecule has 1 fully saturated rings. The molecular formula is C21H27N3O3Si. The van der Waals surface area contributed by atoms with Gasteiger partial charge in [-0.3, -0.25) is 9.59 Å². The van der Waals surface area contributed by atoms with Crippen LogP contribution in [0.2, 0.25) is 25.7 Å². The van der Waals surface area contributed by atoms with Crippen LogP contribution < -0.4 is 4.90 Å². The molecule has 4 rings (SSSR count). The Labute approximate surface area is 166 Å². The van der Waals surface area contributed by atoms with Gasteiger partial charge in [-0.2, -0.15) is 0 Å². The first-order valence-corrected chi connectivity index (χ1v) is 13.6. The van der Waals surface area contributed by atoms with Crippen molar-refractivity contribution in [1.29, 1.82) is 0 Å². The fourth-order valence-corrected chi connectivity index (χ4v) is 4.87. The summed E-state index contributed by atoms with van der Waals surface area (Å²) in [5.41, 5.74) is 1.52. The number of nitrogens with zero attached hydrogens (tertiary/aromatic N) is 3.